The zero-order chi connectivity index (χ0) is 27.8. The molecule has 0 spiro atoms. The maximum absolute atomic E-state index is 13.6. The summed E-state index contributed by atoms with van der Waals surface area (Å²) in [6.45, 7) is 9.11. The fourth-order valence-electron chi connectivity index (χ4n) is 7.23. The van der Waals surface area contributed by atoms with Gasteiger partial charge in [0.25, 0.3) is 0 Å². The minimum atomic E-state index is 0.0695. The van der Waals surface area contributed by atoms with Crippen LogP contribution in [0.15, 0.2) is 42.0 Å². The van der Waals surface area contributed by atoms with Gasteiger partial charge in [-0.2, -0.15) is 5.10 Å². The third kappa shape index (κ3) is 3.66. The van der Waals surface area contributed by atoms with E-state index in [0.29, 0.717) is 5.56 Å². The molecule has 41 heavy (non-hydrogen) atoms. The van der Waals surface area contributed by atoms with Crippen molar-refractivity contribution in [1.82, 2.24) is 24.2 Å². The average Bonchev–Trinajstić information content (AvgIpc) is 3.81. The van der Waals surface area contributed by atoms with Crippen LogP contribution in [0, 0.1) is 6.92 Å². The van der Waals surface area contributed by atoms with Crippen LogP contribution in [0.5, 0.6) is 5.88 Å². The summed E-state index contributed by atoms with van der Waals surface area (Å²) in [6.07, 6.45) is 8.35. The fourth-order valence-corrected chi connectivity index (χ4v) is 8.12. The molecule has 0 unspecified atom stereocenters. The number of fused-ring (bicyclic) bond motifs is 10. The van der Waals surface area contributed by atoms with Crippen LogP contribution < -0.4 is 0 Å². The standard InChI is InChI=1S/C33H33N5O2S/c1-3-37-18-24-25(35-37)8-7-21-27(24)29-23(17-34-33(29)40)28-22-16-20(31(39)32-19(2)10-15-41-32)6-9-26(22)38(30(21)28)14-13-36-11-4-5-12-36/h6,9-10,15-18,34,40H,3-5,7-8,11-14H2,1-2H3. The van der Waals surface area contributed by atoms with Crippen LogP contribution in [0.25, 0.3) is 43.7 Å². The lowest BCUT2D eigenvalue weighted by Crippen LogP contribution is -2.24. The molecule has 7 nitrogen and oxygen atoms in total. The molecule has 1 aliphatic carbocycles. The van der Waals surface area contributed by atoms with Gasteiger partial charge in [-0.25, -0.2) is 0 Å². The Hall–Kier alpha value is -3.88. The van der Waals surface area contributed by atoms with Crippen LogP contribution in [0.4, 0.5) is 0 Å². The molecule has 2 aromatic carbocycles. The molecule has 6 aromatic rings. The average molecular weight is 564 g/mol. The SMILES string of the molecule is CCn1cc2c(n1)CCc1c-2c2c(O)[nH]cc2c2c3cc(C(=O)c4sccc4C)ccc3n(CCN3CCCC3)c12. The van der Waals surface area contributed by atoms with Crippen LogP contribution in [0.3, 0.4) is 0 Å². The molecule has 0 saturated carbocycles. The number of rotatable bonds is 6. The first-order valence-electron chi connectivity index (χ1n) is 14.7. The van der Waals surface area contributed by atoms with Gasteiger partial charge in [0.1, 0.15) is 0 Å². The number of aromatic amines is 1. The number of nitrogens with one attached hydrogen (secondary N) is 1. The largest absolute Gasteiger partial charge is 0.494 e. The summed E-state index contributed by atoms with van der Waals surface area (Å²) in [5.74, 6) is 0.259. The molecule has 1 fully saturated rings. The fraction of sp³-hybridized carbons (Fsp3) is 0.333. The summed E-state index contributed by atoms with van der Waals surface area (Å²) in [7, 11) is 0. The highest BCUT2D eigenvalue weighted by molar-refractivity contribution is 7.12. The second kappa shape index (κ2) is 9.33. The summed E-state index contributed by atoms with van der Waals surface area (Å²) < 4.78 is 4.50. The van der Waals surface area contributed by atoms with E-state index in [-0.39, 0.29) is 11.7 Å². The minimum Gasteiger partial charge on any atom is -0.494 e. The minimum absolute atomic E-state index is 0.0695. The van der Waals surface area contributed by atoms with Gasteiger partial charge in [0.2, 0.25) is 5.78 Å². The number of aryl methyl sites for hydroxylation is 4. The van der Waals surface area contributed by atoms with Crippen molar-refractivity contribution < 1.29 is 9.90 Å². The van der Waals surface area contributed by atoms with E-state index < -0.39 is 0 Å². The molecule has 0 bridgehead atoms. The zero-order valence-electron chi connectivity index (χ0n) is 23.5. The Balaban J connectivity index is 1.44. The summed E-state index contributed by atoms with van der Waals surface area (Å²) >= 11 is 1.50. The van der Waals surface area contributed by atoms with Gasteiger partial charge in [0.15, 0.2) is 5.88 Å². The molecule has 208 valence electrons. The number of ketones is 1. The Labute approximate surface area is 242 Å². The number of aromatic hydroxyl groups is 1. The maximum atomic E-state index is 13.6. The number of thiophene rings is 1. The Bertz CT molecular complexity index is 2000. The first-order valence-corrected chi connectivity index (χ1v) is 15.6. The van der Waals surface area contributed by atoms with Crippen LogP contribution >= 0.6 is 11.3 Å². The molecule has 8 rings (SSSR count). The molecule has 0 atom stereocenters. The van der Waals surface area contributed by atoms with Crippen molar-refractivity contribution in [3.05, 3.63) is 69.3 Å². The van der Waals surface area contributed by atoms with Crippen LogP contribution in [0.1, 0.15) is 51.8 Å². The lowest BCUT2D eigenvalue weighted by atomic mass is 9.85. The van der Waals surface area contributed by atoms with E-state index >= 15 is 0 Å². The monoisotopic (exact) mass is 563 g/mol. The van der Waals surface area contributed by atoms with Crippen molar-refractivity contribution >= 4 is 49.7 Å². The van der Waals surface area contributed by atoms with E-state index in [4.69, 9.17) is 5.10 Å². The van der Waals surface area contributed by atoms with E-state index in [1.807, 2.05) is 35.3 Å². The summed E-state index contributed by atoms with van der Waals surface area (Å²) in [5, 5.41) is 22.1. The molecule has 0 radical (unpaired) electrons. The first-order chi connectivity index (χ1) is 20.0. The highest BCUT2D eigenvalue weighted by atomic mass is 32.1. The third-order valence-electron chi connectivity index (χ3n) is 9.24. The molecule has 2 aliphatic rings. The molecule has 1 saturated heterocycles. The maximum Gasteiger partial charge on any atom is 0.203 e. The van der Waals surface area contributed by atoms with Crippen LogP contribution in [0.2, 0.25) is 0 Å². The quantitative estimate of drug-likeness (QED) is 0.222. The van der Waals surface area contributed by atoms with Gasteiger partial charge in [-0.3, -0.25) is 9.48 Å². The summed E-state index contributed by atoms with van der Waals surface area (Å²) in [5.41, 5.74) is 8.68. The van der Waals surface area contributed by atoms with E-state index in [0.717, 1.165) is 99.9 Å². The van der Waals surface area contributed by atoms with Crippen molar-refractivity contribution in [2.75, 3.05) is 19.6 Å². The molecule has 2 N–H and O–H groups in total. The number of carbonyl (C=O) groups is 1. The van der Waals surface area contributed by atoms with Gasteiger partial charge in [-0.05, 0) is 93.4 Å². The number of hydrogen-bond donors (Lipinski definition) is 2. The van der Waals surface area contributed by atoms with Gasteiger partial charge in [0, 0.05) is 70.4 Å². The number of aromatic nitrogens is 4. The number of benzene rings is 2. The predicted molar refractivity (Wildman–Crippen MR) is 165 cm³/mol. The van der Waals surface area contributed by atoms with Gasteiger partial charge in [0.05, 0.1) is 21.5 Å². The van der Waals surface area contributed by atoms with Gasteiger partial charge < -0.3 is 19.6 Å². The Morgan fingerprint density at radius 1 is 1.10 bits per heavy atom. The molecule has 0 amide bonds. The normalized spacial score (nSPS) is 15.4. The Kier molecular flexibility index (Phi) is 5.66. The highest BCUT2D eigenvalue weighted by Gasteiger charge is 2.30. The molecule has 5 heterocycles. The van der Waals surface area contributed by atoms with Crippen LogP contribution in [-0.2, 0) is 25.9 Å². The zero-order valence-corrected chi connectivity index (χ0v) is 24.3. The molecular formula is C33H33N5O2S. The predicted octanol–water partition coefficient (Wildman–Crippen LogP) is 6.66. The van der Waals surface area contributed by atoms with Crippen molar-refractivity contribution in [3.63, 3.8) is 0 Å². The molecular weight excluding hydrogens is 530 g/mol. The summed E-state index contributed by atoms with van der Waals surface area (Å²) in [4.78, 5) is 20.1. The van der Waals surface area contributed by atoms with E-state index in [1.54, 1.807) is 0 Å². The third-order valence-corrected chi connectivity index (χ3v) is 10.3. The second-order valence-electron chi connectivity index (χ2n) is 11.5. The van der Waals surface area contributed by atoms with Gasteiger partial charge >= 0.3 is 0 Å². The van der Waals surface area contributed by atoms with Crippen molar-refractivity contribution in [2.45, 2.75) is 52.6 Å². The molecule has 8 heteroatoms. The lowest BCUT2D eigenvalue weighted by Gasteiger charge is -2.21. The smallest absolute Gasteiger partial charge is 0.203 e. The van der Waals surface area contributed by atoms with E-state index in [9.17, 15) is 9.90 Å². The highest BCUT2D eigenvalue weighted by Crippen LogP contribution is 2.49. The summed E-state index contributed by atoms with van der Waals surface area (Å²) in [6, 6.07) is 8.24. The van der Waals surface area contributed by atoms with Crippen molar-refractivity contribution in [3.8, 4) is 17.0 Å². The van der Waals surface area contributed by atoms with Crippen molar-refractivity contribution in [2.24, 2.45) is 0 Å². The number of hydrogen-bond acceptors (Lipinski definition) is 5. The Morgan fingerprint density at radius 3 is 2.73 bits per heavy atom. The lowest BCUT2D eigenvalue weighted by molar-refractivity contribution is 0.104. The van der Waals surface area contributed by atoms with Crippen molar-refractivity contribution in [1.29, 1.82) is 0 Å². The number of H-pyrrole nitrogens is 1. The molecule has 4 aromatic heterocycles. The molecule has 1 aliphatic heterocycles. The number of nitrogens with zero attached hydrogens (tertiary/aromatic N) is 4. The topological polar surface area (TPSA) is 79.1 Å². The van der Waals surface area contributed by atoms with Crippen LogP contribution in [-0.4, -0.2) is 54.8 Å². The Morgan fingerprint density at radius 2 is 1.95 bits per heavy atom. The van der Waals surface area contributed by atoms with Gasteiger partial charge in [-0.15, -0.1) is 11.3 Å². The van der Waals surface area contributed by atoms with E-state index in [2.05, 4.69) is 39.7 Å². The number of carbonyl (C=O) groups excluding carboxylic acids is 1. The number of likely N-dealkylation sites (tertiary alicyclic amines) is 1. The first kappa shape index (κ1) is 24.9. The second-order valence-corrected chi connectivity index (χ2v) is 12.5. The van der Waals surface area contributed by atoms with Gasteiger partial charge in [-0.1, -0.05) is 0 Å². The van der Waals surface area contributed by atoms with E-state index in [1.165, 1.54) is 35.3 Å².